The van der Waals surface area contributed by atoms with Crippen molar-refractivity contribution in [1.29, 1.82) is 0 Å². The Bertz CT molecular complexity index is 1270. The summed E-state index contributed by atoms with van der Waals surface area (Å²) in [7, 11) is 0. The van der Waals surface area contributed by atoms with Gasteiger partial charge in [0.25, 0.3) is 0 Å². The number of rotatable bonds is 7. The van der Waals surface area contributed by atoms with Gasteiger partial charge in [-0.1, -0.05) is 31.1 Å². The molecule has 200 valence electrons. The molecule has 3 aliphatic rings. The Labute approximate surface area is 224 Å². The van der Waals surface area contributed by atoms with E-state index in [4.69, 9.17) is 14.5 Å². The van der Waals surface area contributed by atoms with Crippen LogP contribution in [0.5, 0.6) is 5.75 Å². The minimum Gasteiger partial charge on any atom is -0.492 e. The van der Waals surface area contributed by atoms with Crippen LogP contribution in [0.4, 0.5) is 4.79 Å². The van der Waals surface area contributed by atoms with Gasteiger partial charge in [-0.25, -0.2) is 9.78 Å². The third-order valence-electron chi connectivity index (χ3n) is 8.02. The van der Waals surface area contributed by atoms with E-state index in [0.29, 0.717) is 19.2 Å². The second-order valence-corrected chi connectivity index (χ2v) is 10.5. The molecule has 2 amide bonds. The second kappa shape index (κ2) is 11.6. The first-order valence-electron chi connectivity index (χ1n) is 14.0. The standard InChI is InChI=1S/C30H37N5O3/c36-30(33-25-3-1-2-4-25)35-11-9-23(10-12-35)28-21-32-29-27(28)19-24(20-31-29)22-5-7-26(8-6-22)38-18-15-34-13-16-37-17-14-34/h5-9,19-21,25H,1-4,10-18H2,(H,31,32)(H,33,36). The first-order chi connectivity index (χ1) is 18.7. The van der Waals surface area contributed by atoms with Crippen molar-refractivity contribution in [1.82, 2.24) is 25.1 Å². The number of H-pyrrole nitrogens is 1. The summed E-state index contributed by atoms with van der Waals surface area (Å²) in [5, 5.41) is 4.32. The predicted molar refractivity (Wildman–Crippen MR) is 149 cm³/mol. The summed E-state index contributed by atoms with van der Waals surface area (Å²) in [6, 6.07) is 10.9. The number of nitrogens with one attached hydrogen (secondary N) is 2. The second-order valence-electron chi connectivity index (χ2n) is 10.5. The van der Waals surface area contributed by atoms with E-state index >= 15 is 0 Å². The van der Waals surface area contributed by atoms with Crippen molar-refractivity contribution in [2.75, 3.05) is 52.5 Å². The minimum atomic E-state index is 0.0728. The van der Waals surface area contributed by atoms with Crippen LogP contribution < -0.4 is 10.1 Å². The molecule has 2 fully saturated rings. The SMILES string of the molecule is O=C(NC1CCCC1)N1CC=C(c2c[nH]c3ncc(-c4ccc(OCCN5CCOCC5)cc4)cc23)CC1. The number of carbonyl (C=O) groups is 1. The van der Waals surface area contributed by atoms with Crippen LogP contribution in [0, 0.1) is 0 Å². The Morgan fingerprint density at radius 1 is 1.11 bits per heavy atom. The van der Waals surface area contributed by atoms with Crippen molar-refractivity contribution in [2.45, 2.75) is 38.1 Å². The highest BCUT2D eigenvalue weighted by Crippen LogP contribution is 2.32. The third-order valence-corrected chi connectivity index (χ3v) is 8.02. The zero-order chi connectivity index (χ0) is 25.7. The smallest absolute Gasteiger partial charge is 0.317 e. The average molecular weight is 516 g/mol. The topological polar surface area (TPSA) is 82.7 Å². The Morgan fingerprint density at radius 2 is 1.92 bits per heavy atom. The van der Waals surface area contributed by atoms with Gasteiger partial charge in [-0.3, -0.25) is 4.90 Å². The number of hydrogen-bond donors (Lipinski definition) is 2. The maximum Gasteiger partial charge on any atom is 0.317 e. The van der Waals surface area contributed by atoms with Gasteiger partial charge in [0, 0.05) is 67.7 Å². The summed E-state index contributed by atoms with van der Waals surface area (Å²) in [6.07, 6.45) is 11.7. The molecule has 3 aromatic rings. The molecular formula is C30H37N5O3. The van der Waals surface area contributed by atoms with Crippen molar-refractivity contribution in [3.05, 3.63) is 54.4 Å². The van der Waals surface area contributed by atoms with Gasteiger partial charge in [0.15, 0.2) is 0 Å². The van der Waals surface area contributed by atoms with Gasteiger partial charge in [0.1, 0.15) is 18.0 Å². The summed E-state index contributed by atoms with van der Waals surface area (Å²) < 4.78 is 11.4. The average Bonchev–Trinajstić information content (AvgIpc) is 3.64. The lowest BCUT2D eigenvalue weighted by atomic mass is 9.98. The van der Waals surface area contributed by atoms with Gasteiger partial charge in [0.2, 0.25) is 0 Å². The van der Waals surface area contributed by atoms with Crippen LogP contribution in [-0.4, -0.2) is 84.4 Å². The monoisotopic (exact) mass is 515 g/mol. The molecule has 0 spiro atoms. The molecular weight excluding hydrogens is 478 g/mol. The van der Waals surface area contributed by atoms with Crippen LogP contribution in [-0.2, 0) is 4.74 Å². The zero-order valence-electron chi connectivity index (χ0n) is 22.0. The summed E-state index contributed by atoms with van der Waals surface area (Å²) in [5.74, 6) is 0.882. The van der Waals surface area contributed by atoms with Crippen molar-refractivity contribution < 1.29 is 14.3 Å². The van der Waals surface area contributed by atoms with Gasteiger partial charge in [-0.05, 0) is 48.6 Å². The lowest BCUT2D eigenvalue weighted by Crippen LogP contribution is -2.45. The number of pyridine rings is 1. The fourth-order valence-electron chi connectivity index (χ4n) is 5.72. The normalized spacial score (nSPS) is 19.1. The van der Waals surface area contributed by atoms with E-state index in [1.807, 2.05) is 29.4 Å². The number of carbonyl (C=O) groups excluding carboxylic acids is 1. The number of amides is 2. The highest BCUT2D eigenvalue weighted by atomic mass is 16.5. The minimum absolute atomic E-state index is 0.0728. The predicted octanol–water partition coefficient (Wildman–Crippen LogP) is 4.68. The molecule has 0 unspecified atom stereocenters. The highest BCUT2D eigenvalue weighted by Gasteiger charge is 2.23. The fraction of sp³-hybridized carbons (Fsp3) is 0.467. The molecule has 2 N–H and O–H groups in total. The molecule has 1 aliphatic carbocycles. The number of ether oxygens (including phenoxy) is 2. The third kappa shape index (κ3) is 5.71. The largest absolute Gasteiger partial charge is 0.492 e. The summed E-state index contributed by atoms with van der Waals surface area (Å²) in [4.78, 5) is 25.0. The lowest BCUT2D eigenvalue weighted by Gasteiger charge is -2.28. The van der Waals surface area contributed by atoms with E-state index in [9.17, 15) is 4.79 Å². The molecule has 1 saturated carbocycles. The van der Waals surface area contributed by atoms with Gasteiger partial charge in [-0.2, -0.15) is 0 Å². The molecule has 0 bridgehead atoms. The van der Waals surface area contributed by atoms with Crippen LogP contribution >= 0.6 is 0 Å². The molecule has 4 heterocycles. The molecule has 8 nitrogen and oxygen atoms in total. The van der Waals surface area contributed by atoms with E-state index in [2.05, 4.69) is 39.5 Å². The van der Waals surface area contributed by atoms with Gasteiger partial charge in [-0.15, -0.1) is 0 Å². The number of morpholine rings is 1. The van der Waals surface area contributed by atoms with E-state index in [0.717, 1.165) is 86.6 Å². The van der Waals surface area contributed by atoms with E-state index in [1.54, 1.807) is 0 Å². The fourth-order valence-corrected chi connectivity index (χ4v) is 5.72. The first-order valence-corrected chi connectivity index (χ1v) is 14.0. The molecule has 0 atom stereocenters. The lowest BCUT2D eigenvalue weighted by molar-refractivity contribution is 0.0322. The van der Waals surface area contributed by atoms with Crippen LogP contribution in [0.2, 0.25) is 0 Å². The maximum absolute atomic E-state index is 12.7. The van der Waals surface area contributed by atoms with Crippen LogP contribution in [0.25, 0.3) is 27.7 Å². The Kier molecular flexibility index (Phi) is 7.60. The Hall–Kier alpha value is -3.36. The molecule has 1 saturated heterocycles. The van der Waals surface area contributed by atoms with Crippen LogP contribution in [0.1, 0.15) is 37.7 Å². The first kappa shape index (κ1) is 24.9. The van der Waals surface area contributed by atoms with Crippen LogP contribution in [0.3, 0.4) is 0 Å². The maximum atomic E-state index is 12.7. The molecule has 8 heteroatoms. The number of urea groups is 1. The van der Waals surface area contributed by atoms with Crippen LogP contribution in [0.15, 0.2) is 48.8 Å². The molecule has 1 aromatic carbocycles. The summed E-state index contributed by atoms with van der Waals surface area (Å²) in [6.45, 7) is 6.53. The molecule has 2 aliphatic heterocycles. The zero-order valence-corrected chi connectivity index (χ0v) is 22.0. The Morgan fingerprint density at radius 3 is 2.68 bits per heavy atom. The number of fused-ring (bicyclic) bond motifs is 1. The van der Waals surface area contributed by atoms with Crippen molar-refractivity contribution in [2.24, 2.45) is 0 Å². The number of aromatic nitrogens is 2. The highest BCUT2D eigenvalue weighted by molar-refractivity contribution is 5.93. The molecule has 6 rings (SSSR count). The summed E-state index contributed by atoms with van der Waals surface area (Å²) in [5.41, 5.74) is 5.51. The van der Waals surface area contributed by atoms with Crippen molar-refractivity contribution in [3.8, 4) is 16.9 Å². The number of benzene rings is 1. The van der Waals surface area contributed by atoms with Crippen molar-refractivity contribution in [3.63, 3.8) is 0 Å². The summed E-state index contributed by atoms with van der Waals surface area (Å²) >= 11 is 0. The van der Waals surface area contributed by atoms with Gasteiger partial charge in [0.05, 0.1) is 13.2 Å². The Balaban J connectivity index is 1.10. The quantitative estimate of drug-likeness (QED) is 0.477. The van der Waals surface area contributed by atoms with E-state index in [1.165, 1.54) is 24.0 Å². The molecule has 0 radical (unpaired) electrons. The molecule has 2 aromatic heterocycles. The van der Waals surface area contributed by atoms with E-state index < -0.39 is 0 Å². The number of nitrogens with zero attached hydrogens (tertiary/aromatic N) is 3. The molecule has 38 heavy (non-hydrogen) atoms. The number of aromatic amines is 1. The van der Waals surface area contributed by atoms with Gasteiger partial charge >= 0.3 is 6.03 Å². The van der Waals surface area contributed by atoms with E-state index in [-0.39, 0.29) is 6.03 Å². The number of hydrogen-bond acceptors (Lipinski definition) is 5. The van der Waals surface area contributed by atoms with Crippen molar-refractivity contribution >= 4 is 22.6 Å². The van der Waals surface area contributed by atoms with Gasteiger partial charge < -0.3 is 24.7 Å².